The van der Waals surface area contributed by atoms with Crippen molar-refractivity contribution in [1.29, 1.82) is 0 Å². The number of hydrogen-bond acceptors (Lipinski definition) is 2. The molecule has 1 fully saturated rings. The number of nitrogens with one attached hydrogen (secondary N) is 1. The van der Waals surface area contributed by atoms with Crippen LogP contribution in [0.1, 0.15) is 36.8 Å². The summed E-state index contributed by atoms with van der Waals surface area (Å²) in [4.78, 5) is 23.4. The first-order valence-electron chi connectivity index (χ1n) is 7.30. The first-order chi connectivity index (χ1) is 9.65. The van der Waals surface area contributed by atoms with Crippen LogP contribution < -0.4 is 5.32 Å². The van der Waals surface area contributed by atoms with Gasteiger partial charge in [0, 0.05) is 5.69 Å². The van der Waals surface area contributed by atoms with Crippen LogP contribution in [0.5, 0.6) is 0 Å². The van der Waals surface area contributed by atoms with Gasteiger partial charge >= 0.3 is 5.97 Å². The van der Waals surface area contributed by atoms with Crippen molar-refractivity contribution in [3.8, 4) is 0 Å². The fraction of sp³-hybridized carbons (Fsp3) is 0.500. The lowest BCUT2D eigenvalue weighted by Crippen LogP contribution is -2.30. The molecule has 0 spiro atoms. The van der Waals surface area contributed by atoms with Crippen LogP contribution in [0, 0.1) is 11.8 Å². The van der Waals surface area contributed by atoms with E-state index in [0.717, 1.165) is 24.9 Å². The second kappa shape index (κ2) is 5.27. The van der Waals surface area contributed by atoms with Crippen LogP contribution in [0.15, 0.2) is 18.2 Å². The first kappa shape index (κ1) is 13.2. The minimum atomic E-state index is -0.850. The maximum atomic E-state index is 12.3. The van der Waals surface area contributed by atoms with E-state index in [0.29, 0.717) is 12.8 Å². The quantitative estimate of drug-likeness (QED) is 0.889. The first-order valence-corrected chi connectivity index (χ1v) is 7.30. The summed E-state index contributed by atoms with van der Waals surface area (Å²) in [6.45, 7) is 0. The van der Waals surface area contributed by atoms with Crippen LogP contribution in [-0.4, -0.2) is 17.0 Å². The maximum Gasteiger partial charge on any atom is 0.307 e. The highest BCUT2D eigenvalue weighted by Gasteiger charge is 2.37. The van der Waals surface area contributed by atoms with Gasteiger partial charge in [-0.15, -0.1) is 0 Å². The minimum absolute atomic E-state index is 0.146. The van der Waals surface area contributed by atoms with Crippen molar-refractivity contribution in [2.45, 2.75) is 38.5 Å². The van der Waals surface area contributed by atoms with E-state index in [2.05, 4.69) is 11.4 Å². The number of aryl methyl sites for hydroxylation is 2. The zero-order valence-corrected chi connectivity index (χ0v) is 11.4. The molecule has 0 saturated heterocycles. The second-order valence-electron chi connectivity index (χ2n) is 5.81. The molecular weight excluding hydrogens is 254 g/mol. The SMILES string of the molecule is O=C(O)C1CCCC1C(=O)Nc1ccc2c(c1)CCC2. The Kier molecular flexibility index (Phi) is 3.47. The highest BCUT2D eigenvalue weighted by molar-refractivity contribution is 5.95. The summed E-state index contributed by atoms with van der Waals surface area (Å²) < 4.78 is 0. The molecule has 1 aromatic rings. The number of carbonyl (C=O) groups excluding carboxylic acids is 1. The average molecular weight is 273 g/mol. The van der Waals surface area contributed by atoms with E-state index in [4.69, 9.17) is 5.11 Å². The molecular formula is C16H19NO3. The number of carboxylic acids is 1. The molecule has 2 atom stereocenters. The van der Waals surface area contributed by atoms with Crippen molar-refractivity contribution < 1.29 is 14.7 Å². The third-order valence-electron chi connectivity index (χ3n) is 4.54. The molecule has 2 aliphatic rings. The predicted octanol–water partition coefficient (Wildman–Crippen LogP) is 2.61. The largest absolute Gasteiger partial charge is 0.481 e. The van der Waals surface area contributed by atoms with Crippen molar-refractivity contribution in [1.82, 2.24) is 0 Å². The summed E-state index contributed by atoms with van der Waals surface area (Å²) in [6, 6.07) is 6.03. The summed E-state index contributed by atoms with van der Waals surface area (Å²) in [5, 5.41) is 12.0. The van der Waals surface area contributed by atoms with E-state index in [1.165, 1.54) is 17.5 Å². The fourth-order valence-electron chi connectivity index (χ4n) is 3.45. The number of amides is 1. The molecule has 1 saturated carbocycles. The fourth-order valence-corrected chi connectivity index (χ4v) is 3.45. The zero-order valence-electron chi connectivity index (χ0n) is 11.4. The molecule has 0 heterocycles. The number of fused-ring (bicyclic) bond motifs is 1. The van der Waals surface area contributed by atoms with Gasteiger partial charge in [-0.2, -0.15) is 0 Å². The molecule has 106 valence electrons. The van der Waals surface area contributed by atoms with Crippen LogP contribution in [-0.2, 0) is 22.4 Å². The maximum absolute atomic E-state index is 12.3. The summed E-state index contributed by atoms with van der Waals surface area (Å²) in [7, 11) is 0. The standard InChI is InChI=1S/C16H19NO3/c18-15(13-5-2-6-14(13)16(19)20)17-12-8-7-10-3-1-4-11(10)9-12/h7-9,13-14H,1-6H2,(H,17,18)(H,19,20). The average Bonchev–Trinajstić information content (AvgIpc) is 3.06. The van der Waals surface area contributed by atoms with Crippen molar-refractivity contribution in [2.24, 2.45) is 11.8 Å². The number of carbonyl (C=O) groups is 2. The van der Waals surface area contributed by atoms with E-state index in [-0.39, 0.29) is 11.8 Å². The van der Waals surface area contributed by atoms with E-state index in [1.54, 1.807) is 0 Å². The Bertz CT molecular complexity index is 553. The highest BCUT2D eigenvalue weighted by atomic mass is 16.4. The predicted molar refractivity (Wildman–Crippen MR) is 75.6 cm³/mol. The molecule has 4 heteroatoms. The van der Waals surface area contributed by atoms with E-state index in [9.17, 15) is 9.59 Å². The van der Waals surface area contributed by atoms with Crippen molar-refractivity contribution in [3.63, 3.8) is 0 Å². The summed E-state index contributed by atoms with van der Waals surface area (Å²) >= 11 is 0. The van der Waals surface area contributed by atoms with Gasteiger partial charge in [-0.1, -0.05) is 12.5 Å². The topological polar surface area (TPSA) is 66.4 Å². The van der Waals surface area contributed by atoms with Gasteiger partial charge in [-0.3, -0.25) is 9.59 Å². The summed E-state index contributed by atoms with van der Waals surface area (Å²) in [5.41, 5.74) is 3.47. The lowest BCUT2D eigenvalue weighted by atomic mass is 9.95. The third-order valence-corrected chi connectivity index (χ3v) is 4.54. The molecule has 2 aliphatic carbocycles. The lowest BCUT2D eigenvalue weighted by Gasteiger charge is -2.16. The van der Waals surface area contributed by atoms with Crippen LogP contribution in [0.4, 0.5) is 5.69 Å². The van der Waals surface area contributed by atoms with Gasteiger partial charge in [0.1, 0.15) is 0 Å². The molecule has 0 aliphatic heterocycles. The lowest BCUT2D eigenvalue weighted by molar-refractivity contribution is -0.145. The highest BCUT2D eigenvalue weighted by Crippen LogP contribution is 2.33. The Morgan fingerprint density at radius 1 is 1.05 bits per heavy atom. The molecule has 0 aromatic heterocycles. The summed E-state index contributed by atoms with van der Waals surface area (Å²) in [6.07, 6.45) is 5.47. The van der Waals surface area contributed by atoms with E-state index < -0.39 is 11.9 Å². The van der Waals surface area contributed by atoms with Gasteiger partial charge in [0.05, 0.1) is 11.8 Å². The zero-order chi connectivity index (χ0) is 14.1. The molecule has 2 N–H and O–H groups in total. The van der Waals surface area contributed by atoms with Gasteiger partial charge in [-0.25, -0.2) is 0 Å². The molecule has 0 radical (unpaired) electrons. The normalized spacial score (nSPS) is 24.4. The van der Waals surface area contributed by atoms with Crippen molar-refractivity contribution in [2.75, 3.05) is 5.32 Å². The molecule has 0 bridgehead atoms. The van der Waals surface area contributed by atoms with Gasteiger partial charge < -0.3 is 10.4 Å². The third kappa shape index (κ3) is 2.42. The Balaban J connectivity index is 1.71. The molecule has 1 aromatic carbocycles. The Labute approximate surface area is 118 Å². The van der Waals surface area contributed by atoms with Gasteiger partial charge in [0.15, 0.2) is 0 Å². The number of anilines is 1. The number of rotatable bonds is 3. The monoisotopic (exact) mass is 273 g/mol. The molecule has 2 unspecified atom stereocenters. The second-order valence-corrected chi connectivity index (χ2v) is 5.81. The Hall–Kier alpha value is -1.84. The van der Waals surface area contributed by atoms with Crippen molar-refractivity contribution in [3.05, 3.63) is 29.3 Å². The smallest absolute Gasteiger partial charge is 0.307 e. The van der Waals surface area contributed by atoms with Crippen LogP contribution in [0.3, 0.4) is 0 Å². The minimum Gasteiger partial charge on any atom is -0.481 e. The van der Waals surface area contributed by atoms with E-state index in [1.807, 2.05) is 12.1 Å². The number of benzene rings is 1. The molecule has 1 amide bonds. The van der Waals surface area contributed by atoms with Crippen molar-refractivity contribution >= 4 is 17.6 Å². The van der Waals surface area contributed by atoms with Crippen LogP contribution in [0.2, 0.25) is 0 Å². The van der Waals surface area contributed by atoms with Gasteiger partial charge in [0.25, 0.3) is 0 Å². The number of aliphatic carboxylic acids is 1. The van der Waals surface area contributed by atoms with Crippen LogP contribution in [0.25, 0.3) is 0 Å². The number of hydrogen-bond donors (Lipinski definition) is 2. The Morgan fingerprint density at radius 2 is 1.80 bits per heavy atom. The van der Waals surface area contributed by atoms with Gasteiger partial charge in [-0.05, 0) is 55.4 Å². The van der Waals surface area contributed by atoms with E-state index >= 15 is 0 Å². The number of carboxylic acid groups (broad SMARTS) is 1. The Morgan fingerprint density at radius 3 is 2.60 bits per heavy atom. The molecule has 4 nitrogen and oxygen atoms in total. The molecule has 20 heavy (non-hydrogen) atoms. The molecule has 3 rings (SSSR count). The van der Waals surface area contributed by atoms with Crippen LogP contribution >= 0.6 is 0 Å². The summed E-state index contributed by atoms with van der Waals surface area (Å²) in [5.74, 6) is -1.91. The van der Waals surface area contributed by atoms with Gasteiger partial charge in [0.2, 0.25) is 5.91 Å².